The summed E-state index contributed by atoms with van der Waals surface area (Å²) >= 11 is 5.26. The van der Waals surface area contributed by atoms with Crippen molar-refractivity contribution in [2.75, 3.05) is 24.3 Å². The zero-order valence-electron chi connectivity index (χ0n) is 10.6. The molecule has 0 aliphatic heterocycles. The lowest BCUT2D eigenvalue weighted by Gasteiger charge is -2.18. The molecule has 2 rings (SSSR count). The lowest BCUT2D eigenvalue weighted by molar-refractivity contribution is 0.919. The number of nitrogens with one attached hydrogen (secondary N) is 2. The van der Waals surface area contributed by atoms with Gasteiger partial charge in [0.2, 0.25) is 0 Å². The van der Waals surface area contributed by atoms with Crippen LogP contribution >= 0.6 is 12.2 Å². The Balaban J connectivity index is 2.04. The van der Waals surface area contributed by atoms with Crippen LogP contribution in [0.25, 0.3) is 0 Å². The predicted octanol–water partition coefficient (Wildman–Crippen LogP) is 2.51. The van der Waals surface area contributed by atoms with Crippen LogP contribution in [0.1, 0.15) is 18.4 Å². The maximum atomic E-state index is 5.26. The summed E-state index contributed by atoms with van der Waals surface area (Å²) in [5.41, 5.74) is 3.52. The first-order valence-corrected chi connectivity index (χ1v) is 6.32. The van der Waals surface area contributed by atoms with Crippen molar-refractivity contribution in [2.45, 2.75) is 25.8 Å². The number of rotatable bonds is 3. The van der Waals surface area contributed by atoms with Crippen molar-refractivity contribution in [3.05, 3.63) is 23.8 Å². The Labute approximate surface area is 108 Å². The van der Waals surface area contributed by atoms with Crippen molar-refractivity contribution >= 4 is 28.7 Å². The molecule has 1 aromatic carbocycles. The molecule has 0 saturated heterocycles. The molecule has 92 valence electrons. The van der Waals surface area contributed by atoms with E-state index in [2.05, 4.69) is 40.7 Å². The highest BCUT2D eigenvalue weighted by Crippen LogP contribution is 2.23. The summed E-state index contributed by atoms with van der Waals surface area (Å²) in [5, 5.41) is 7.22. The van der Waals surface area contributed by atoms with Gasteiger partial charge in [-0.15, -0.1) is 0 Å². The molecule has 1 aliphatic carbocycles. The molecular formula is C13H19N3S. The summed E-state index contributed by atoms with van der Waals surface area (Å²) in [6, 6.07) is 6.88. The molecular weight excluding hydrogens is 230 g/mol. The average molecular weight is 249 g/mol. The topological polar surface area (TPSA) is 27.3 Å². The first-order chi connectivity index (χ1) is 8.06. The van der Waals surface area contributed by atoms with Gasteiger partial charge >= 0.3 is 0 Å². The summed E-state index contributed by atoms with van der Waals surface area (Å²) < 4.78 is 0. The van der Waals surface area contributed by atoms with Crippen molar-refractivity contribution in [3.8, 4) is 0 Å². The van der Waals surface area contributed by atoms with Crippen LogP contribution in [0, 0.1) is 6.92 Å². The van der Waals surface area contributed by atoms with Gasteiger partial charge in [-0.05, 0) is 49.7 Å². The Morgan fingerprint density at radius 1 is 1.35 bits per heavy atom. The van der Waals surface area contributed by atoms with Gasteiger partial charge in [-0.2, -0.15) is 0 Å². The van der Waals surface area contributed by atoms with E-state index in [1.54, 1.807) is 0 Å². The molecule has 0 radical (unpaired) electrons. The lowest BCUT2D eigenvalue weighted by atomic mass is 10.1. The van der Waals surface area contributed by atoms with Gasteiger partial charge in [0, 0.05) is 31.5 Å². The standard InChI is InChI=1S/C13H19N3S/c1-9-4-5-11(8-12(9)16(2)3)15-13(17)14-10-6-7-10/h4-5,8,10H,6-7H2,1-3H3,(H2,14,15,17). The molecule has 1 aromatic rings. The first kappa shape index (κ1) is 12.2. The van der Waals surface area contributed by atoms with E-state index in [-0.39, 0.29) is 0 Å². The Hall–Kier alpha value is -1.29. The Morgan fingerprint density at radius 2 is 2.06 bits per heavy atom. The van der Waals surface area contributed by atoms with Crippen LogP contribution in [0.2, 0.25) is 0 Å². The SMILES string of the molecule is Cc1ccc(NC(=S)NC2CC2)cc1N(C)C. The van der Waals surface area contributed by atoms with Crippen molar-refractivity contribution in [2.24, 2.45) is 0 Å². The Morgan fingerprint density at radius 3 is 2.65 bits per heavy atom. The van der Waals surface area contributed by atoms with E-state index in [9.17, 15) is 0 Å². The molecule has 0 bridgehead atoms. The lowest BCUT2D eigenvalue weighted by Crippen LogP contribution is -2.30. The van der Waals surface area contributed by atoms with Crippen LogP contribution in [0.15, 0.2) is 18.2 Å². The molecule has 1 aliphatic rings. The fraction of sp³-hybridized carbons (Fsp3) is 0.462. The molecule has 3 nitrogen and oxygen atoms in total. The predicted molar refractivity (Wildman–Crippen MR) is 77.9 cm³/mol. The molecule has 0 heterocycles. The Bertz CT molecular complexity index is 425. The first-order valence-electron chi connectivity index (χ1n) is 5.92. The second-order valence-electron chi connectivity index (χ2n) is 4.77. The van der Waals surface area contributed by atoms with Crippen LogP contribution in [-0.4, -0.2) is 25.2 Å². The largest absolute Gasteiger partial charge is 0.377 e. The van der Waals surface area contributed by atoms with Crippen LogP contribution < -0.4 is 15.5 Å². The fourth-order valence-corrected chi connectivity index (χ4v) is 2.03. The van der Waals surface area contributed by atoms with Crippen molar-refractivity contribution in [1.29, 1.82) is 0 Å². The molecule has 0 unspecified atom stereocenters. The van der Waals surface area contributed by atoms with Gasteiger partial charge in [-0.1, -0.05) is 6.07 Å². The van der Waals surface area contributed by atoms with E-state index in [1.807, 2.05) is 14.1 Å². The quantitative estimate of drug-likeness (QED) is 0.805. The Kier molecular flexibility index (Phi) is 3.52. The van der Waals surface area contributed by atoms with Crippen molar-refractivity contribution in [1.82, 2.24) is 5.32 Å². The van der Waals surface area contributed by atoms with E-state index in [4.69, 9.17) is 12.2 Å². The minimum atomic E-state index is 0.591. The summed E-state index contributed by atoms with van der Waals surface area (Å²) in [5.74, 6) is 0. The van der Waals surface area contributed by atoms with Gasteiger partial charge < -0.3 is 15.5 Å². The maximum absolute atomic E-state index is 5.26. The smallest absolute Gasteiger partial charge is 0.170 e. The number of hydrogen-bond acceptors (Lipinski definition) is 2. The minimum Gasteiger partial charge on any atom is -0.377 e. The van der Waals surface area contributed by atoms with Gasteiger partial charge in [0.1, 0.15) is 0 Å². The monoisotopic (exact) mass is 249 g/mol. The van der Waals surface area contributed by atoms with E-state index < -0.39 is 0 Å². The van der Waals surface area contributed by atoms with E-state index >= 15 is 0 Å². The van der Waals surface area contributed by atoms with Gasteiger partial charge in [0.15, 0.2) is 5.11 Å². The second kappa shape index (κ2) is 4.92. The van der Waals surface area contributed by atoms with Crippen LogP contribution in [0.5, 0.6) is 0 Å². The van der Waals surface area contributed by atoms with E-state index in [0.29, 0.717) is 6.04 Å². The zero-order valence-corrected chi connectivity index (χ0v) is 11.4. The molecule has 0 aromatic heterocycles. The van der Waals surface area contributed by atoms with Crippen molar-refractivity contribution in [3.63, 3.8) is 0 Å². The fourth-order valence-electron chi connectivity index (χ4n) is 1.75. The molecule has 1 fully saturated rings. The van der Waals surface area contributed by atoms with Gasteiger partial charge in [0.25, 0.3) is 0 Å². The number of aryl methyl sites for hydroxylation is 1. The van der Waals surface area contributed by atoms with E-state index in [0.717, 1.165) is 10.8 Å². The highest BCUT2D eigenvalue weighted by atomic mass is 32.1. The summed E-state index contributed by atoms with van der Waals surface area (Å²) in [6.45, 7) is 2.11. The zero-order chi connectivity index (χ0) is 12.4. The number of thiocarbonyl (C=S) groups is 1. The third-order valence-electron chi connectivity index (χ3n) is 2.86. The van der Waals surface area contributed by atoms with Crippen LogP contribution in [0.3, 0.4) is 0 Å². The molecule has 0 atom stereocenters. The van der Waals surface area contributed by atoms with Crippen molar-refractivity contribution < 1.29 is 0 Å². The number of benzene rings is 1. The van der Waals surface area contributed by atoms with Gasteiger partial charge in [0.05, 0.1) is 0 Å². The second-order valence-corrected chi connectivity index (χ2v) is 5.18. The van der Waals surface area contributed by atoms with Crippen LogP contribution in [0.4, 0.5) is 11.4 Å². The van der Waals surface area contributed by atoms with Gasteiger partial charge in [-0.3, -0.25) is 0 Å². The highest BCUT2D eigenvalue weighted by molar-refractivity contribution is 7.80. The molecule has 4 heteroatoms. The molecule has 0 amide bonds. The number of anilines is 2. The normalized spacial score (nSPS) is 14.3. The van der Waals surface area contributed by atoms with Crippen LogP contribution in [-0.2, 0) is 0 Å². The molecule has 0 spiro atoms. The summed E-state index contributed by atoms with van der Waals surface area (Å²) in [7, 11) is 4.10. The third-order valence-corrected chi connectivity index (χ3v) is 3.08. The number of hydrogen-bond donors (Lipinski definition) is 2. The van der Waals surface area contributed by atoms with Gasteiger partial charge in [-0.25, -0.2) is 0 Å². The minimum absolute atomic E-state index is 0.591. The third kappa shape index (κ3) is 3.33. The average Bonchev–Trinajstić information content (AvgIpc) is 3.04. The summed E-state index contributed by atoms with van der Waals surface area (Å²) in [6.07, 6.45) is 2.47. The maximum Gasteiger partial charge on any atom is 0.170 e. The van der Waals surface area contributed by atoms with E-state index in [1.165, 1.54) is 24.1 Å². The highest BCUT2D eigenvalue weighted by Gasteiger charge is 2.21. The number of nitrogens with zero attached hydrogens (tertiary/aromatic N) is 1. The molecule has 17 heavy (non-hydrogen) atoms. The molecule has 2 N–H and O–H groups in total. The molecule has 1 saturated carbocycles. The summed E-state index contributed by atoms with van der Waals surface area (Å²) in [4.78, 5) is 2.11.